The summed E-state index contributed by atoms with van der Waals surface area (Å²) in [6, 6.07) is 0.486. The maximum absolute atomic E-state index is 11.7. The maximum atomic E-state index is 11.7. The van der Waals surface area contributed by atoms with Gasteiger partial charge in [-0.3, -0.25) is 4.79 Å². The molecule has 1 aliphatic heterocycles. The van der Waals surface area contributed by atoms with Crippen molar-refractivity contribution in [2.45, 2.75) is 38.6 Å². The van der Waals surface area contributed by atoms with E-state index in [1.54, 1.807) is 0 Å². The molecular weight excluding hydrogens is 188 g/mol. The van der Waals surface area contributed by atoms with E-state index in [0.717, 1.165) is 19.6 Å². The van der Waals surface area contributed by atoms with E-state index in [0.29, 0.717) is 18.9 Å². The molecule has 1 aliphatic rings. The molecule has 0 aliphatic carbocycles. The predicted octanol–water partition coefficient (Wildman–Crippen LogP) is 1.00. The molecule has 1 atom stereocenters. The molecule has 0 aromatic heterocycles. The average molecular weight is 208 g/mol. The SMILES string of the molecule is C#CCCC(=O)N(CC)CC1CCCN1. The van der Waals surface area contributed by atoms with Gasteiger partial charge in [0.2, 0.25) is 5.91 Å². The first-order chi connectivity index (χ1) is 7.27. The lowest BCUT2D eigenvalue weighted by Gasteiger charge is -2.24. The first-order valence-corrected chi connectivity index (χ1v) is 5.72. The topological polar surface area (TPSA) is 32.3 Å². The number of likely N-dealkylation sites (N-methyl/N-ethyl adjacent to an activating group) is 1. The Morgan fingerprint density at radius 2 is 2.47 bits per heavy atom. The minimum Gasteiger partial charge on any atom is -0.341 e. The molecule has 1 heterocycles. The van der Waals surface area contributed by atoms with Crippen LogP contribution in [0.4, 0.5) is 0 Å². The molecule has 15 heavy (non-hydrogen) atoms. The van der Waals surface area contributed by atoms with E-state index in [-0.39, 0.29) is 5.91 Å². The van der Waals surface area contributed by atoms with Gasteiger partial charge in [-0.25, -0.2) is 0 Å². The quantitative estimate of drug-likeness (QED) is 0.684. The summed E-state index contributed by atoms with van der Waals surface area (Å²) in [6.45, 7) is 4.71. The third-order valence-electron chi connectivity index (χ3n) is 2.82. The standard InChI is InChI=1S/C12H20N2O/c1-3-5-8-12(15)14(4-2)10-11-7-6-9-13-11/h1,11,13H,4-10H2,2H3. The fourth-order valence-electron chi connectivity index (χ4n) is 1.92. The molecule has 84 valence electrons. The molecule has 1 saturated heterocycles. The Hall–Kier alpha value is -1.01. The minimum atomic E-state index is 0.184. The first kappa shape index (κ1) is 12.1. The highest BCUT2D eigenvalue weighted by Gasteiger charge is 2.19. The minimum absolute atomic E-state index is 0.184. The van der Waals surface area contributed by atoms with Crippen molar-refractivity contribution in [2.24, 2.45) is 0 Å². The van der Waals surface area contributed by atoms with E-state index in [4.69, 9.17) is 6.42 Å². The number of carbonyl (C=O) groups is 1. The van der Waals surface area contributed by atoms with Crippen molar-refractivity contribution in [1.82, 2.24) is 10.2 Å². The van der Waals surface area contributed by atoms with Gasteiger partial charge in [-0.2, -0.15) is 0 Å². The summed E-state index contributed by atoms with van der Waals surface area (Å²) < 4.78 is 0. The summed E-state index contributed by atoms with van der Waals surface area (Å²) in [5, 5.41) is 3.40. The molecule has 3 nitrogen and oxygen atoms in total. The Balaban J connectivity index is 2.33. The highest BCUT2D eigenvalue weighted by Crippen LogP contribution is 2.08. The molecule has 0 spiro atoms. The lowest BCUT2D eigenvalue weighted by molar-refractivity contribution is -0.131. The van der Waals surface area contributed by atoms with Crippen LogP contribution in [0, 0.1) is 12.3 Å². The summed E-state index contributed by atoms with van der Waals surface area (Å²) in [5.41, 5.74) is 0. The fourth-order valence-corrected chi connectivity index (χ4v) is 1.92. The van der Waals surface area contributed by atoms with Gasteiger partial charge >= 0.3 is 0 Å². The van der Waals surface area contributed by atoms with Crippen LogP contribution in [-0.4, -0.2) is 36.5 Å². The van der Waals surface area contributed by atoms with Gasteiger partial charge in [0, 0.05) is 32.0 Å². The number of carbonyl (C=O) groups excluding carboxylic acids is 1. The predicted molar refractivity (Wildman–Crippen MR) is 61.3 cm³/mol. The van der Waals surface area contributed by atoms with Crippen LogP contribution in [0.25, 0.3) is 0 Å². The third kappa shape index (κ3) is 3.93. The molecule has 0 bridgehead atoms. The van der Waals surface area contributed by atoms with Gasteiger partial charge in [-0.15, -0.1) is 12.3 Å². The van der Waals surface area contributed by atoms with Crippen molar-refractivity contribution in [3.05, 3.63) is 0 Å². The monoisotopic (exact) mass is 208 g/mol. The average Bonchev–Trinajstić information content (AvgIpc) is 2.75. The summed E-state index contributed by atoms with van der Waals surface area (Å²) >= 11 is 0. The molecule has 1 N–H and O–H groups in total. The molecule has 0 saturated carbocycles. The van der Waals surface area contributed by atoms with Crippen LogP contribution in [0.5, 0.6) is 0 Å². The zero-order valence-electron chi connectivity index (χ0n) is 9.46. The van der Waals surface area contributed by atoms with Crippen molar-refractivity contribution in [1.29, 1.82) is 0 Å². The van der Waals surface area contributed by atoms with Gasteiger partial charge in [-0.1, -0.05) is 0 Å². The van der Waals surface area contributed by atoms with E-state index in [1.165, 1.54) is 12.8 Å². The Labute approximate surface area is 92.2 Å². The number of rotatable bonds is 5. The second kappa shape index (κ2) is 6.47. The van der Waals surface area contributed by atoms with E-state index in [1.807, 2.05) is 11.8 Å². The molecule has 0 radical (unpaired) electrons. The lowest BCUT2D eigenvalue weighted by Crippen LogP contribution is -2.40. The van der Waals surface area contributed by atoms with Gasteiger partial charge in [-0.05, 0) is 26.3 Å². The van der Waals surface area contributed by atoms with Crippen molar-refractivity contribution in [2.75, 3.05) is 19.6 Å². The molecule has 1 unspecified atom stereocenters. The van der Waals surface area contributed by atoms with Crippen LogP contribution in [-0.2, 0) is 4.79 Å². The molecule has 0 aromatic rings. The van der Waals surface area contributed by atoms with Crippen LogP contribution in [0.2, 0.25) is 0 Å². The number of terminal acetylenes is 1. The Morgan fingerprint density at radius 1 is 1.67 bits per heavy atom. The van der Waals surface area contributed by atoms with Gasteiger partial charge in [0.1, 0.15) is 0 Å². The summed E-state index contributed by atoms with van der Waals surface area (Å²) in [4.78, 5) is 13.6. The smallest absolute Gasteiger partial charge is 0.223 e. The second-order valence-corrected chi connectivity index (χ2v) is 3.93. The van der Waals surface area contributed by atoms with Crippen molar-refractivity contribution < 1.29 is 4.79 Å². The largest absolute Gasteiger partial charge is 0.341 e. The summed E-state index contributed by atoms with van der Waals surface area (Å²) in [6.07, 6.45) is 8.58. The summed E-state index contributed by atoms with van der Waals surface area (Å²) in [7, 11) is 0. The fraction of sp³-hybridized carbons (Fsp3) is 0.750. The van der Waals surface area contributed by atoms with Crippen LogP contribution >= 0.6 is 0 Å². The van der Waals surface area contributed by atoms with Crippen LogP contribution in [0.3, 0.4) is 0 Å². The lowest BCUT2D eigenvalue weighted by atomic mass is 10.2. The second-order valence-electron chi connectivity index (χ2n) is 3.93. The van der Waals surface area contributed by atoms with Crippen LogP contribution in [0.1, 0.15) is 32.6 Å². The van der Waals surface area contributed by atoms with Crippen molar-refractivity contribution in [3.63, 3.8) is 0 Å². The van der Waals surface area contributed by atoms with Crippen LogP contribution < -0.4 is 5.32 Å². The highest BCUT2D eigenvalue weighted by molar-refractivity contribution is 5.76. The molecule has 1 amide bonds. The Bertz CT molecular complexity index is 238. The summed E-state index contributed by atoms with van der Waals surface area (Å²) in [5.74, 6) is 2.69. The zero-order chi connectivity index (χ0) is 11.1. The number of nitrogens with one attached hydrogen (secondary N) is 1. The van der Waals surface area contributed by atoms with Gasteiger partial charge in [0.05, 0.1) is 0 Å². The van der Waals surface area contributed by atoms with E-state index in [2.05, 4.69) is 11.2 Å². The van der Waals surface area contributed by atoms with Crippen molar-refractivity contribution >= 4 is 5.91 Å². The third-order valence-corrected chi connectivity index (χ3v) is 2.82. The number of hydrogen-bond donors (Lipinski definition) is 1. The highest BCUT2D eigenvalue weighted by atomic mass is 16.2. The van der Waals surface area contributed by atoms with E-state index in [9.17, 15) is 4.79 Å². The molecule has 1 fully saturated rings. The van der Waals surface area contributed by atoms with Gasteiger partial charge < -0.3 is 10.2 Å². The maximum Gasteiger partial charge on any atom is 0.223 e. The number of amides is 1. The van der Waals surface area contributed by atoms with E-state index >= 15 is 0 Å². The van der Waals surface area contributed by atoms with Crippen LogP contribution in [0.15, 0.2) is 0 Å². The number of hydrogen-bond acceptors (Lipinski definition) is 2. The Morgan fingerprint density at radius 3 is 3.00 bits per heavy atom. The van der Waals surface area contributed by atoms with Crippen molar-refractivity contribution in [3.8, 4) is 12.3 Å². The Kier molecular flexibility index (Phi) is 5.20. The van der Waals surface area contributed by atoms with E-state index < -0.39 is 0 Å². The molecular formula is C12H20N2O. The first-order valence-electron chi connectivity index (χ1n) is 5.72. The number of nitrogens with zero attached hydrogens (tertiary/aromatic N) is 1. The van der Waals surface area contributed by atoms with Gasteiger partial charge in [0.15, 0.2) is 0 Å². The normalized spacial score (nSPS) is 19.9. The zero-order valence-corrected chi connectivity index (χ0v) is 9.46. The molecule has 3 heteroatoms. The van der Waals surface area contributed by atoms with Gasteiger partial charge in [0.25, 0.3) is 0 Å². The molecule has 0 aromatic carbocycles. The molecule has 1 rings (SSSR count).